The molecule has 0 aliphatic heterocycles. The number of amides is 1. The molecule has 2 aromatic rings. The molecule has 1 aromatic heterocycles. The first kappa shape index (κ1) is 13.9. The predicted octanol–water partition coefficient (Wildman–Crippen LogP) is 2.64. The van der Waals surface area contributed by atoms with Gasteiger partial charge in [0.1, 0.15) is 0 Å². The summed E-state index contributed by atoms with van der Waals surface area (Å²) in [4.78, 5) is 15.8. The van der Waals surface area contributed by atoms with Gasteiger partial charge in [-0.1, -0.05) is 0 Å². The molecule has 0 unspecified atom stereocenters. The van der Waals surface area contributed by atoms with Crippen LogP contribution in [-0.4, -0.2) is 10.9 Å². The van der Waals surface area contributed by atoms with Gasteiger partial charge in [0.25, 0.3) is 5.91 Å². The fraction of sp³-hybridized carbons (Fsp3) is 0.0769. The Kier molecular flexibility index (Phi) is 3.60. The van der Waals surface area contributed by atoms with E-state index in [4.69, 9.17) is 5.73 Å². The van der Waals surface area contributed by atoms with Crippen LogP contribution in [0.15, 0.2) is 24.4 Å². The third-order valence-electron chi connectivity index (χ3n) is 2.56. The second kappa shape index (κ2) is 5.20. The van der Waals surface area contributed by atoms with E-state index in [1.54, 1.807) is 6.92 Å². The Morgan fingerprint density at radius 3 is 2.35 bits per heavy atom. The van der Waals surface area contributed by atoms with Crippen molar-refractivity contribution in [3.63, 3.8) is 0 Å². The highest BCUT2D eigenvalue weighted by molar-refractivity contribution is 6.07. The van der Waals surface area contributed by atoms with Crippen molar-refractivity contribution in [3.8, 4) is 0 Å². The molecule has 0 aliphatic carbocycles. The number of hydrogen-bond acceptors (Lipinski definition) is 3. The number of nitrogens with one attached hydrogen (secondary N) is 1. The van der Waals surface area contributed by atoms with Crippen LogP contribution in [0.3, 0.4) is 0 Å². The number of hydrogen-bond donors (Lipinski definition) is 2. The number of benzene rings is 1. The lowest BCUT2D eigenvalue weighted by Gasteiger charge is -2.08. The van der Waals surface area contributed by atoms with Gasteiger partial charge < -0.3 is 11.1 Å². The summed E-state index contributed by atoms with van der Waals surface area (Å²) in [6.45, 7) is 1.70. The minimum absolute atomic E-state index is 0.0562. The van der Waals surface area contributed by atoms with Crippen LogP contribution in [-0.2, 0) is 0 Å². The summed E-state index contributed by atoms with van der Waals surface area (Å²) in [6.07, 6.45) is 1.25. The highest BCUT2D eigenvalue weighted by Crippen LogP contribution is 2.19. The van der Waals surface area contributed by atoms with Gasteiger partial charge in [0.2, 0.25) is 0 Å². The van der Waals surface area contributed by atoms with Gasteiger partial charge in [-0.05, 0) is 13.0 Å². The molecule has 0 aliphatic rings. The van der Waals surface area contributed by atoms with Crippen LogP contribution in [0.2, 0.25) is 0 Å². The van der Waals surface area contributed by atoms with Crippen LogP contribution >= 0.6 is 0 Å². The second-order valence-electron chi connectivity index (χ2n) is 4.12. The zero-order valence-corrected chi connectivity index (χ0v) is 10.4. The van der Waals surface area contributed by atoms with Crippen LogP contribution in [0.4, 0.5) is 24.5 Å². The molecular weight excluding hydrogens is 271 g/mol. The first-order valence-corrected chi connectivity index (χ1v) is 5.56. The lowest BCUT2D eigenvalue weighted by molar-refractivity contribution is 0.102. The van der Waals surface area contributed by atoms with Crippen molar-refractivity contribution in [2.75, 3.05) is 11.1 Å². The van der Waals surface area contributed by atoms with Crippen LogP contribution < -0.4 is 11.1 Å². The molecule has 104 valence electrons. The van der Waals surface area contributed by atoms with E-state index in [0.29, 0.717) is 17.8 Å². The van der Waals surface area contributed by atoms with Crippen LogP contribution in [0.1, 0.15) is 16.1 Å². The number of carbonyl (C=O) groups is 1. The SMILES string of the molecule is Cc1cc(N)c(C(=O)Nc2cc(F)c(F)c(F)c2)cn1. The first-order chi connectivity index (χ1) is 9.38. The predicted molar refractivity (Wildman–Crippen MR) is 67.7 cm³/mol. The summed E-state index contributed by atoms with van der Waals surface area (Å²) in [7, 11) is 0. The lowest BCUT2D eigenvalue weighted by Crippen LogP contribution is -2.15. The maximum atomic E-state index is 13.0. The van der Waals surface area contributed by atoms with E-state index in [9.17, 15) is 18.0 Å². The summed E-state index contributed by atoms with van der Waals surface area (Å²) < 4.78 is 38.8. The normalized spacial score (nSPS) is 10.4. The molecule has 0 radical (unpaired) electrons. The number of nitrogens with zero attached hydrogens (tertiary/aromatic N) is 1. The van der Waals surface area contributed by atoms with Gasteiger partial charge in [-0.25, -0.2) is 13.2 Å². The standard InChI is InChI=1S/C13H10F3N3O/c1-6-2-11(17)8(5-18-6)13(20)19-7-3-9(14)12(16)10(15)4-7/h2-5H,1H3,(H2,17,18)(H,19,20). The summed E-state index contributed by atoms with van der Waals surface area (Å²) >= 11 is 0. The maximum Gasteiger partial charge on any atom is 0.259 e. The quantitative estimate of drug-likeness (QED) is 0.831. The Morgan fingerprint density at radius 2 is 1.80 bits per heavy atom. The molecule has 0 saturated carbocycles. The van der Waals surface area contributed by atoms with Gasteiger partial charge in [0.15, 0.2) is 17.5 Å². The number of aromatic nitrogens is 1. The molecule has 0 spiro atoms. The molecular formula is C13H10F3N3O. The van der Waals surface area contributed by atoms with E-state index in [1.165, 1.54) is 12.3 Å². The average Bonchev–Trinajstić information content (AvgIpc) is 2.35. The van der Waals surface area contributed by atoms with Gasteiger partial charge in [0, 0.05) is 35.4 Å². The number of rotatable bonds is 2. The van der Waals surface area contributed by atoms with E-state index in [2.05, 4.69) is 10.3 Å². The van der Waals surface area contributed by atoms with Crippen molar-refractivity contribution >= 4 is 17.3 Å². The molecule has 3 N–H and O–H groups in total. The van der Waals surface area contributed by atoms with E-state index < -0.39 is 23.4 Å². The molecule has 0 bridgehead atoms. The maximum absolute atomic E-state index is 13.0. The molecule has 4 nitrogen and oxygen atoms in total. The third kappa shape index (κ3) is 2.71. The molecule has 0 atom stereocenters. The van der Waals surface area contributed by atoms with Gasteiger partial charge in [-0.15, -0.1) is 0 Å². The lowest BCUT2D eigenvalue weighted by atomic mass is 10.2. The zero-order chi connectivity index (χ0) is 14.9. The Hall–Kier alpha value is -2.57. The molecule has 1 heterocycles. The number of aryl methyl sites for hydroxylation is 1. The molecule has 0 fully saturated rings. The Morgan fingerprint density at radius 1 is 1.20 bits per heavy atom. The van der Waals surface area contributed by atoms with Crippen molar-refractivity contribution in [1.82, 2.24) is 4.98 Å². The smallest absolute Gasteiger partial charge is 0.259 e. The molecule has 20 heavy (non-hydrogen) atoms. The monoisotopic (exact) mass is 281 g/mol. The van der Waals surface area contributed by atoms with E-state index in [-0.39, 0.29) is 16.9 Å². The molecule has 1 aromatic carbocycles. The van der Waals surface area contributed by atoms with Gasteiger partial charge in [-0.2, -0.15) is 0 Å². The zero-order valence-electron chi connectivity index (χ0n) is 10.4. The van der Waals surface area contributed by atoms with Gasteiger partial charge in [0.05, 0.1) is 5.56 Å². The number of halogens is 3. The van der Waals surface area contributed by atoms with Crippen molar-refractivity contribution in [2.24, 2.45) is 0 Å². The average molecular weight is 281 g/mol. The number of carbonyl (C=O) groups excluding carboxylic acids is 1. The summed E-state index contributed by atoms with van der Waals surface area (Å²) in [5.74, 6) is -5.08. The van der Waals surface area contributed by atoms with Crippen molar-refractivity contribution in [2.45, 2.75) is 6.92 Å². The highest BCUT2D eigenvalue weighted by atomic mass is 19.2. The Balaban J connectivity index is 2.28. The van der Waals surface area contributed by atoms with Crippen LogP contribution in [0, 0.1) is 24.4 Å². The van der Waals surface area contributed by atoms with Crippen molar-refractivity contribution in [1.29, 1.82) is 0 Å². The number of nitrogens with two attached hydrogens (primary N) is 1. The Bertz CT molecular complexity index is 666. The fourth-order valence-corrected chi connectivity index (χ4v) is 1.60. The van der Waals surface area contributed by atoms with Gasteiger partial charge >= 0.3 is 0 Å². The van der Waals surface area contributed by atoms with Crippen LogP contribution in [0.25, 0.3) is 0 Å². The van der Waals surface area contributed by atoms with Crippen molar-refractivity contribution in [3.05, 3.63) is 53.1 Å². The number of nitrogen functional groups attached to an aromatic ring is 1. The summed E-state index contributed by atoms with van der Waals surface area (Å²) in [5, 5.41) is 2.22. The van der Waals surface area contributed by atoms with E-state index >= 15 is 0 Å². The van der Waals surface area contributed by atoms with E-state index in [1.807, 2.05) is 0 Å². The summed E-state index contributed by atoms with van der Waals surface area (Å²) in [6, 6.07) is 2.84. The third-order valence-corrected chi connectivity index (χ3v) is 2.56. The molecule has 1 amide bonds. The first-order valence-electron chi connectivity index (χ1n) is 5.56. The van der Waals surface area contributed by atoms with Gasteiger partial charge in [-0.3, -0.25) is 9.78 Å². The highest BCUT2D eigenvalue weighted by Gasteiger charge is 2.14. The number of anilines is 2. The molecule has 2 rings (SSSR count). The Labute approximate surface area is 112 Å². The molecule has 0 saturated heterocycles. The topological polar surface area (TPSA) is 68.0 Å². The number of pyridine rings is 1. The second-order valence-corrected chi connectivity index (χ2v) is 4.12. The largest absolute Gasteiger partial charge is 0.398 e. The summed E-state index contributed by atoms with van der Waals surface area (Å²) in [5.41, 5.74) is 6.29. The minimum Gasteiger partial charge on any atom is -0.398 e. The molecule has 7 heteroatoms. The van der Waals surface area contributed by atoms with E-state index in [0.717, 1.165) is 0 Å². The minimum atomic E-state index is -1.60. The van der Waals surface area contributed by atoms with Crippen molar-refractivity contribution < 1.29 is 18.0 Å². The van der Waals surface area contributed by atoms with Crippen LogP contribution in [0.5, 0.6) is 0 Å². The fourth-order valence-electron chi connectivity index (χ4n) is 1.60.